The van der Waals surface area contributed by atoms with E-state index in [0.717, 1.165) is 12.8 Å². The van der Waals surface area contributed by atoms with Crippen molar-refractivity contribution in [3.8, 4) is 0 Å². The van der Waals surface area contributed by atoms with Crippen LogP contribution in [0.1, 0.15) is 19.3 Å². The quantitative estimate of drug-likeness (QED) is 0.724. The molecule has 2 fully saturated rings. The van der Waals surface area contributed by atoms with Gasteiger partial charge < -0.3 is 15.7 Å². The minimum Gasteiger partial charge on any atom is -0.392 e. The first-order valence-corrected chi connectivity index (χ1v) is 9.72. The monoisotopic (exact) mass is 373 g/mol. The van der Waals surface area contributed by atoms with Gasteiger partial charge >= 0.3 is 0 Å². The molecule has 0 spiro atoms. The van der Waals surface area contributed by atoms with Gasteiger partial charge in [-0.2, -0.15) is 4.31 Å². The highest BCUT2D eigenvalue weighted by Gasteiger charge is 2.31. The van der Waals surface area contributed by atoms with Gasteiger partial charge in [-0.1, -0.05) is 11.6 Å². The number of carbonyl (C=O) groups is 1. The average Bonchev–Trinajstić information content (AvgIpc) is 3.20. The Kier molecular flexibility index (Phi) is 5.12. The van der Waals surface area contributed by atoms with E-state index in [0.29, 0.717) is 31.7 Å². The Labute approximate surface area is 146 Å². The van der Waals surface area contributed by atoms with Crippen LogP contribution in [0.3, 0.4) is 0 Å². The van der Waals surface area contributed by atoms with Crippen molar-refractivity contribution in [1.82, 2.24) is 9.62 Å². The first-order valence-electron chi connectivity index (χ1n) is 7.90. The van der Waals surface area contributed by atoms with Crippen molar-refractivity contribution in [2.45, 2.75) is 36.3 Å². The lowest BCUT2D eigenvalue weighted by Crippen LogP contribution is -2.35. The summed E-state index contributed by atoms with van der Waals surface area (Å²) in [6.07, 6.45) is 1.46. The highest BCUT2D eigenvalue weighted by atomic mass is 35.5. The van der Waals surface area contributed by atoms with Crippen LogP contribution in [0, 0.1) is 0 Å². The molecule has 0 radical (unpaired) electrons. The highest BCUT2D eigenvalue weighted by molar-refractivity contribution is 7.89. The molecule has 0 aliphatic carbocycles. The summed E-state index contributed by atoms with van der Waals surface area (Å²) < 4.78 is 26.8. The van der Waals surface area contributed by atoms with Crippen molar-refractivity contribution in [1.29, 1.82) is 0 Å². The van der Waals surface area contributed by atoms with Crippen molar-refractivity contribution in [2.75, 3.05) is 25.0 Å². The third-order valence-corrected chi connectivity index (χ3v) is 6.69. The number of β-amino-alcohol motifs (C(OH)–C–C–N with tert-alkyl or cyclic N) is 1. The fraction of sp³-hybridized carbons (Fsp3) is 0.533. The fourth-order valence-electron chi connectivity index (χ4n) is 2.99. The molecule has 24 heavy (non-hydrogen) atoms. The van der Waals surface area contributed by atoms with Gasteiger partial charge in [-0.15, -0.1) is 0 Å². The maximum Gasteiger partial charge on any atom is 0.244 e. The SMILES string of the molecule is O=C(Nc1ccc(Cl)c(S(=O)(=O)N2CCCC2)c1)C1CC(O)CN1. The predicted octanol–water partition coefficient (Wildman–Crippen LogP) is 0.786. The van der Waals surface area contributed by atoms with E-state index in [1.165, 1.54) is 16.4 Å². The molecule has 0 aromatic heterocycles. The van der Waals surface area contributed by atoms with E-state index in [1.54, 1.807) is 6.07 Å². The second-order valence-corrected chi connectivity index (χ2v) is 8.41. The number of aliphatic hydroxyl groups is 1. The first-order chi connectivity index (χ1) is 11.4. The van der Waals surface area contributed by atoms with Crippen molar-refractivity contribution in [2.24, 2.45) is 0 Å². The lowest BCUT2D eigenvalue weighted by molar-refractivity contribution is -0.117. The normalized spacial score (nSPS) is 25.1. The van der Waals surface area contributed by atoms with Gasteiger partial charge in [-0.25, -0.2) is 8.42 Å². The average molecular weight is 374 g/mol. The summed E-state index contributed by atoms with van der Waals surface area (Å²) in [6, 6.07) is 3.93. The Morgan fingerprint density at radius 2 is 2.04 bits per heavy atom. The van der Waals surface area contributed by atoms with Gasteiger partial charge in [0, 0.05) is 25.3 Å². The number of nitrogens with one attached hydrogen (secondary N) is 2. The summed E-state index contributed by atoms with van der Waals surface area (Å²) >= 11 is 6.08. The van der Waals surface area contributed by atoms with Gasteiger partial charge in [0.2, 0.25) is 15.9 Å². The predicted molar refractivity (Wildman–Crippen MR) is 90.5 cm³/mol. The fourth-order valence-corrected chi connectivity index (χ4v) is 5.01. The number of hydrogen-bond donors (Lipinski definition) is 3. The van der Waals surface area contributed by atoms with Crippen molar-refractivity contribution in [3.05, 3.63) is 23.2 Å². The highest BCUT2D eigenvalue weighted by Crippen LogP contribution is 2.29. The van der Waals surface area contributed by atoms with Crippen LogP contribution >= 0.6 is 11.6 Å². The zero-order valence-electron chi connectivity index (χ0n) is 13.0. The molecule has 3 rings (SSSR count). The molecule has 1 aromatic carbocycles. The number of rotatable bonds is 4. The number of carbonyl (C=O) groups excluding carboxylic acids is 1. The molecular formula is C15H20ClN3O4S. The Morgan fingerprint density at radius 1 is 1.33 bits per heavy atom. The Morgan fingerprint density at radius 3 is 2.67 bits per heavy atom. The van der Waals surface area contributed by atoms with Crippen LogP contribution in [0.4, 0.5) is 5.69 Å². The van der Waals surface area contributed by atoms with E-state index in [2.05, 4.69) is 10.6 Å². The minimum atomic E-state index is -3.66. The number of anilines is 1. The van der Waals surface area contributed by atoms with Crippen LogP contribution in [0.25, 0.3) is 0 Å². The molecule has 0 saturated carbocycles. The zero-order valence-corrected chi connectivity index (χ0v) is 14.6. The molecule has 132 valence electrons. The summed E-state index contributed by atoms with van der Waals surface area (Å²) in [5, 5.41) is 15.2. The number of nitrogens with zero attached hydrogens (tertiary/aromatic N) is 1. The third-order valence-electron chi connectivity index (χ3n) is 4.31. The molecule has 3 N–H and O–H groups in total. The number of aliphatic hydroxyl groups excluding tert-OH is 1. The number of hydrogen-bond acceptors (Lipinski definition) is 5. The van der Waals surface area contributed by atoms with Gasteiger partial charge in [0.25, 0.3) is 0 Å². The van der Waals surface area contributed by atoms with Crippen molar-refractivity contribution < 1.29 is 18.3 Å². The van der Waals surface area contributed by atoms with Crippen LogP contribution in [0.2, 0.25) is 5.02 Å². The van der Waals surface area contributed by atoms with Gasteiger partial charge in [0.1, 0.15) is 4.90 Å². The standard InChI is InChI=1S/C15H20ClN3O4S/c16-12-4-3-10(18-15(21)13-8-11(20)9-17-13)7-14(12)24(22,23)19-5-1-2-6-19/h3-4,7,11,13,17,20H,1-2,5-6,8-9H2,(H,18,21). The topological polar surface area (TPSA) is 98.7 Å². The number of amides is 1. The Hall–Kier alpha value is -1.19. The third kappa shape index (κ3) is 3.57. The maximum atomic E-state index is 12.7. The van der Waals surface area contributed by atoms with Gasteiger partial charge in [0.15, 0.2) is 0 Å². The smallest absolute Gasteiger partial charge is 0.244 e. The van der Waals surface area contributed by atoms with Gasteiger partial charge in [0.05, 0.1) is 17.2 Å². The van der Waals surface area contributed by atoms with E-state index in [-0.39, 0.29) is 15.8 Å². The zero-order chi connectivity index (χ0) is 17.3. The molecule has 2 aliphatic rings. The summed E-state index contributed by atoms with van der Waals surface area (Å²) in [5.74, 6) is -0.307. The molecule has 2 aliphatic heterocycles. The summed E-state index contributed by atoms with van der Waals surface area (Å²) in [6.45, 7) is 1.34. The van der Waals surface area contributed by atoms with Crippen LogP contribution in [0.5, 0.6) is 0 Å². The second kappa shape index (κ2) is 6.97. The van der Waals surface area contributed by atoms with Gasteiger partial charge in [-0.05, 0) is 37.5 Å². The van der Waals surface area contributed by atoms with Crippen LogP contribution in [0.15, 0.2) is 23.1 Å². The lowest BCUT2D eigenvalue weighted by atomic mass is 10.2. The molecule has 1 aromatic rings. The first kappa shape index (κ1) is 17.6. The minimum absolute atomic E-state index is 0.00304. The van der Waals surface area contributed by atoms with Crippen LogP contribution in [-0.4, -0.2) is 55.5 Å². The molecule has 2 atom stereocenters. The molecule has 9 heteroatoms. The molecular weight excluding hydrogens is 354 g/mol. The molecule has 2 unspecified atom stereocenters. The van der Waals surface area contributed by atoms with Crippen molar-refractivity contribution >= 4 is 33.2 Å². The largest absolute Gasteiger partial charge is 0.392 e. The van der Waals surface area contributed by atoms with Crippen LogP contribution < -0.4 is 10.6 Å². The Bertz CT molecular complexity index is 734. The number of sulfonamides is 1. The van der Waals surface area contributed by atoms with E-state index >= 15 is 0 Å². The number of halogens is 1. The van der Waals surface area contributed by atoms with Crippen molar-refractivity contribution in [3.63, 3.8) is 0 Å². The molecule has 7 nitrogen and oxygen atoms in total. The summed E-state index contributed by atoms with van der Waals surface area (Å²) in [7, 11) is -3.66. The van der Waals surface area contributed by atoms with Gasteiger partial charge in [-0.3, -0.25) is 4.79 Å². The van der Waals surface area contributed by atoms with E-state index < -0.39 is 22.2 Å². The molecule has 2 saturated heterocycles. The molecule has 2 heterocycles. The Balaban J connectivity index is 1.80. The second-order valence-electron chi connectivity index (χ2n) is 6.10. The molecule has 0 bridgehead atoms. The maximum absolute atomic E-state index is 12.7. The number of benzene rings is 1. The van der Waals surface area contributed by atoms with E-state index in [4.69, 9.17) is 11.6 Å². The molecule has 1 amide bonds. The van der Waals surface area contributed by atoms with E-state index in [9.17, 15) is 18.3 Å². The summed E-state index contributed by atoms with van der Waals surface area (Å²) in [5.41, 5.74) is 0.366. The van der Waals surface area contributed by atoms with E-state index in [1.807, 2.05) is 0 Å². The summed E-state index contributed by atoms with van der Waals surface area (Å²) in [4.78, 5) is 12.2. The lowest BCUT2D eigenvalue weighted by Gasteiger charge is -2.18. The van der Waals surface area contributed by atoms with Crippen LogP contribution in [-0.2, 0) is 14.8 Å².